The first-order chi connectivity index (χ1) is 21.8. The van der Waals surface area contributed by atoms with Crippen LogP contribution in [-0.4, -0.2) is 63.2 Å². The van der Waals surface area contributed by atoms with Gasteiger partial charge >= 0.3 is 0 Å². The van der Waals surface area contributed by atoms with Crippen molar-refractivity contribution in [3.05, 3.63) is 23.3 Å². The Morgan fingerprint density at radius 2 is 1.76 bits per heavy atom. The van der Waals surface area contributed by atoms with E-state index in [1.165, 1.54) is 64.2 Å². The Bertz CT molecular complexity index is 1320. The lowest BCUT2D eigenvalue weighted by molar-refractivity contribution is -0.175. The average Bonchev–Trinajstić information content (AvgIpc) is 3.38. The molecule has 7 aliphatic rings. The van der Waals surface area contributed by atoms with Gasteiger partial charge in [0.2, 0.25) is 0 Å². The van der Waals surface area contributed by atoms with E-state index in [0.29, 0.717) is 34.4 Å². The highest BCUT2D eigenvalue weighted by Gasteiger charge is 2.65. The molecule has 7 rings (SSSR count). The maximum absolute atomic E-state index is 13.4. The van der Waals surface area contributed by atoms with Gasteiger partial charge in [-0.3, -0.25) is 4.39 Å². The van der Waals surface area contributed by atoms with Gasteiger partial charge < -0.3 is 10.2 Å². The van der Waals surface area contributed by atoms with Crippen LogP contribution in [0.25, 0.3) is 0 Å². The molecular formula is C40H65FN2O2S. The predicted molar refractivity (Wildman–Crippen MR) is 188 cm³/mol. The summed E-state index contributed by atoms with van der Waals surface area (Å²) in [7, 11) is -2.90. The molecule has 5 fully saturated rings. The van der Waals surface area contributed by atoms with Gasteiger partial charge in [0.1, 0.15) is 0 Å². The average molecular weight is 657 g/mol. The van der Waals surface area contributed by atoms with Gasteiger partial charge in [0.05, 0.1) is 18.2 Å². The quantitative estimate of drug-likeness (QED) is 0.312. The van der Waals surface area contributed by atoms with Gasteiger partial charge in [0.25, 0.3) is 0 Å². The minimum absolute atomic E-state index is 0.167. The Kier molecular flexibility index (Phi) is 8.99. The summed E-state index contributed by atoms with van der Waals surface area (Å²) in [6, 6.07) is 0. The van der Waals surface area contributed by atoms with Crippen LogP contribution in [0.2, 0.25) is 0 Å². The summed E-state index contributed by atoms with van der Waals surface area (Å²) in [5.74, 6) is 5.17. The molecule has 0 radical (unpaired) electrons. The van der Waals surface area contributed by atoms with Crippen molar-refractivity contribution in [2.75, 3.05) is 44.4 Å². The highest BCUT2D eigenvalue weighted by atomic mass is 32.2. The van der Waals surface area contributed by atoms with E-state index < -0.39 is 9.84 Å². The van der Waals surface area contributed by atoms with Crippen LogP contribution in [-0.2, 0) is 9.84 Å². The van der Waals surface area contributed by atoms with E-state index in [1.807, 2.05) is 0 Å². The second kappa shape index (κ2) is 12.3. The van der Waals surface area contributed by atoms with Crippen LogP contribution in [0.1, 0.15) is 118 Å². The molecule has 4 nitrogen and oxygen atoms in total. The van der Waals surface area contributed by atoms with Gasteiger partial charge in [-0.15, -0.1) is 0 Å². The van der Waals surface area contributed by atoms with Crippen LogP contribution in [0.5, 0.6) is 0 Å². The lowest BCUT2D eigenvalue weighted by Crippen LogP contribution is -2.64. The van der Waals surface area contributed by atoms with Crippen LogP contribution in [0, 0.1) is 57.7 Å². The van der Waals surface area contributed by atoms with E-state index in [0.717, 1.165) is 68.5 Å². The zero-order chi connectivity index (χ0) is 32.5. The number of rotatable bonds is 6. The monoisotopic (exact) mass is 656 g/mol. The topological polar surface area (TPSA) is 49.4 Å². The van der Waals surface area contributed by atoms with Crippen molar-refractivity contribution in [3.63, 3.8) is 0 Å². The van der Waals surface area contributed by atoms with Gasteiger partial charge in [-0.2, -0.15) is 0 Å². The molecular weight excluding hydrogens is 592 g/mol. The van der Waals surface area contributed by atoms with Crippen LogP contribution in [0.15, 0.2) is 23.3 Å². The number of nitrogens with zero attached hydrogens (tertiary/aromatic N) is 1. The number of halogens is 1. The summed E-state index contributed by atoms with van der Waals surface area (Å²) in [4.78, 5) is 2.41. The number of fused-ring (bicyclic) bond motifs is 7. The first kappa shape index (κ1) is 33.8. The van der Waals surface area contributed by atoms with Crippen LogP contribution >= 0.6 is 0 Å². The maximum Gasteiger partial charge on any atom is 0.151 e. The minimum atomic E-state index is -2.90. The smallest absolute Gasteiger partial charge is 0.151 e. The summed E-state index contributed by atoms with van der Waals surface area (Å²) in [6.07, 6.45) is 21.7. The molecule has 0 aromatic rings. The van der Waals surface area contributed by atoms with E-state index in [-0.39, 0.29) is 23.9 Å². The van der Waals surface area contributed by atoms with Crippen molar-refractivity contribution >= 4 is 9.84 Å². The fourth-order valence-corrected chi connectivity index (χ4v) is 15.7. The van der Waals surface area contributed by atoms with Crippen LogP contribution in [0.4, 0.5) is 4.39 Å². The van der Waals surface area contributed by atoms with Gasteiger partial charge in [0.15, 0.2) is 9.84 Å². The Morgan fingerprint density at radius 1 is 0.935 bits per heavy atom. The molecule has 1 aliphatic heterocycles. The molecule has 1 N–H and O–H groups in total. The Hall–Kier alpha value is -0.720. The molecule has 0 amide bonds. The van der Waals surface area contributed by atoms with Crippen molar-refractivity contribution < 1.29 is 12.8 Å². The molecule has 4 saturated carbocycles. The van der Waals surface area contributed by atoms with E-state index in [2.05, 4.69) is 57.0 Å². The molecule has 10 atom stereocenters. The summed E-state index contributed by atoms with van der Waals surface area (Å²) in [5, 5.41) is 4.20. The van der Waals surface area contributed by atoms with Crippen LogP contribution < -0.4 is 5.32 Å². The van der Waals surface area contributed by atoms with Crippen molar-refractivity contribution in [1.29, 1.82) is 0 Å². The lowest BCUT2D eigenvalue weighted by atomic mass is 9.37. The number of allylic oxidation sites excluding steroid dienone is 4. The van der Waals surface area contributed by atoms with Crippen molar-refractivity contribution in [2.24, 2.45) is 57.7 Å². The summed E-state index contributed by atoms with van der Waals surface area (Å²) in [6.45, 7) is 16.1. The van der Waals surface area contributed by atoms with Gasteiger partial charge in [-0.1, -0.05) is 53.2 Å². The van der Waals surface area contributed by atoms with Gasteiger partial charge in [-0.25, -0.2) is 8.42 Å². The van der Waals surface area contributed by atoms with E-state index >= 15 is 0 Å². The molecule has 0 aromatic heterocycles. The first-order valence-corrected chi connectivity index (χ1v) is 21.3. The fraction of sp³-hybridized carbons (Fsp3) is 0.900. The van der Waals surface area contributed by atoms with Gasteiger partial charge in [0, 0.05) is 31.7 Å². The summed E-state index contributed by atoms with van der Waals surface area (Å²) in [5.41, 5.74) is 4.44. The molecule has 0 spiro atoms. The molecule has 6 heteroatoms. The summed E-state index contributed by atoms with van der Waals surface area (Å²) >= 11 is 0. The largest absolute Gasteiger partial charge is 0.310 e. The highest BCUT2D eigenvalue weighted by Crippen LogP contribution is 2.72. The highest BCUT2D eigenvalue weighted by molar-refractivity contribution is 7.91. The Labute approximate surface area is 281 Å². The SMILES string of the molecule is CC1CN(CCN[C@]23CCCC2C2CCC4C(C)(CCC5C(C)(C)C(C6=CCC(CF)CC6)=CCC54C)C2CC3)CCS(=O)(=O)C1. The maximum atomic E-state index is 13.4. The van der Waals surface area contributed by atoms with Crippen LogP contribution in [0.3, 0.4) is 0 Å². The standard InChI is InChI=1S/C40H65FN2O2S/c1-28-26-43(23-24-46(44,45)27-28)22-21-42-40-17-6-7-34(40)31-12-13-36-38(4,33(31)15-20-40)19-16-35-37(2,3)32(14-18-39(35,36)5)30-10-8-29(25-41)9-11-30/h10,14,28-29,31,33-36,42H,6-9,11-13,15-27H2,1-5H3/t28?,29?,31?,33?,34?,35?,36?,38?,39?,40-/m0/s1. The molecule has 46 heavy (non-hydrogen) atoms. The zero-order valence-electron chi connectivity index (χ0n) is 29.9. The molecule has 6 aliphatic carbocycles. The third-order valence-electron chi connectivity index (χ3n) is 15.9. The zero-order valence-corrected chi connectivity index (χ0v) is 30.7. The third-order valence-corrected chi connectivity index (χ3v) is 17.8. The lowest BCUT2D eigenvalue weighted by Gasteiger charge is -2.68. The minimum Gasteiger partial charge on any atom is -0.310 e. The first-order valence-electron chi connectivity index (χ1n) is 19.5. The normalized spacial score (nSPS) is 47.0. The fourth-order valence-electron chi connectivity index (χ4n) is 14.0. The molecule has 0 bridgehead atoms. The molecule has 1 heterocycles. The van der Waals surface area contributed by atoms with E-state index in [4.69, 9.17) is 0 Å². The number of sulfone groups is 1. The number of nitrogens with one attached hydrogen (secondary N) is 1. The van der Waals surface area contributed by atoms with Crippen molar-refractivity contribution in [1.82, 2.24) is 10.2 Å². The van der Waals surface area contributed by atoms with E-state index in [1.54, 1.807) is 11.1 Å². The van der Waals surface area contributed by atoms with Crippen molar-refractivity contribution in [3.8, 4) is 0 Å². The Morgan fingerprint density at radius 3 is 2.52 bits per heavy atom. The molecule has 0 aromatic carbocycles. The van der Waals surface area contributed by atoms with Gasteiger partial charge in [-0.05, 0) is 146 Å². The predicted octanol–water partition coefficient (Wildman–Crippen LogP) is 8.39. The molecule has 9 unspecified atom stereocenters. The second-order valence-corrected chi connectivity index (χ2v) is 20.9. The van der Waals surface area contributed by atoms with E-state index in [9.17, 15) is 12.8 Å². The molecule has 260 valence electrons. The Balaban J connectivity index is 1.05. The number of alkyl halides is 1. The second-order valence-electron chi connectivity index (χ2n) is 18.7. The van der Waals surface area contributed by atoms with Crippen molar-refractivity contribution in [2.45, 2.75) is 124 Å². The number of hydrogen-bond donors (Lipinski definition) is 1. The third kappa shape index (κ3) is 5.62. The number of hydrogen-bond acceptors (Lipinski definition) is 4. The molecule has 1 saturated heterocycles. The summed E-state index contributed by atoms with van der Waals surface area (Å²) < 4.78 is 38.0.